The molecule has 0 aliphatic carbocycles. The van der Waals surface area contributed by atoms with E-state index in [0.717, 1.165) is 25.2 Å². The molecule has 1 aromatic rings. The lowest BCUT2D eigenvalue weighted by Gasteiger charge is -2.43. The number of anilines is 2. The molecule has 0 spiro atoms. The van der Waals surface area contributed by atoms with E-state index in [-0.39, 0.29) is 11.8 Å². The minimum atomic E-state index is -0.882. The molecule has 5 nitrogen and oxygen atoms in total. The van der Waals surface area contributed by atoms with Crippen molar-refractivity contribution in [2.75, 3.05) is 29.9 Å². The first-order valence-corrected chi connectivity index (χ1v) is 8.35. The molecule has 0 saturated carbocycles. The van der Waals surface area contributed by atoms with Crippen LogP contribution in [0.4, 0.5) is 11.4 Å². The van der Waals surface area contributed by atoms with E-state index in [9.17, 15) is 9.59 Å². The molecule has 2 heterocycles. The summed E-state index contributed by atoms with van der Waals surface area (Å²) >= 11 is 0. The molecule has 2 aliphatic rings. The van der Waals surface area contributed by atoms with Crippen molar-refractivity contribution in [2.24, 2.45) is 5.92 Å². The van der Waals surface area contributed by atoms with Gasteiger partial charge in [0.15, 0.2) is 0 Å². The van der Waals surface area contributed by atoms with Crippen LogP contribution < -0.4 is 10.2 Å². The third-order valence-electron chi connectivity index (χ3n) is 4.86. The molecule has 0 bridgehead atoms. The van der Waals surface area contributed by atoms with Crippen LogP contribution in [-0.2, 0) is 9.59 Å². The summed E-state index contributed by atoms with van der Waals surface area (Å²) in [4.78, 5) is 29.3. The van der Waals surface area contributed by atoms with Crippen molar-refractivity contribution >= 4 is 23.2 Å². The van der Waals surface area contributed by atoms with Crippen LogP contribution in [0, 0.1) is 5.92 Å². The molecule has 5 heteroatoms. The second-order valence-electron chi connectivity index (χ2n) is 7.24. The van der Waals surface area contributed by atoms with Gasteiger partial charge >= 0.3 is 0 Å². The van der Waals surface area contributed by atoms with Crippen molar-refractivity contribution in [1.29, 1.82) is 0 Å². The summed E-state index contributed by atoms with van der Waals surface area (Å²) in [5.41, 5.74) is 0.608. The number of hydrogen-bond acceptors (Lipinski definition) is 3. The van der Waals surface area contributed by atoms with Crippen LogP contribution in [0.25, 0.3) is 0 Å². The van der Waals surface area contributed by atoms with Gasteiger partial charge in [0, 0.05) is 6.54 Å². The second kappa shape index (κ2) is 5.96. The average molecular weight is 315 g/mol. The Balaban J connectivity index is 1.86. The Hall–Kier alpha value is -1.88. The number of benzene rings is 1. The summed E-state index contributed by atoms with van der Waals surface area (Å²) in [5.74, 6) is 0.476. The molecule has 1 atom stereocenters. The lowest BCUT2D eigenvalue weighted by Crippen LogP contribution is -2.60. The Morgan fingerprint density at radius 3 is 2.83 bits per heavy atom. The van der Waals surface area contributed by atoms with Crippen molar-refractivity contribution in [2.45, 2.75) is 39.2 Å². The van der Waals surface area contributed by atoms with Gasteiger partial charge in [-0.15, -0.1) is 0 Å². The van der Waals surface area contributed by atoms with Gasteiger partial charge in [0.25, 0.3) is 0 Å². The van der Waals surface area contributed by atoms with Crippen molar-refractivity contribution in [3.8, 4) is 0 Å². The molecule has 1 aromatic carbocycles. The quantitative estimate of drug-likeness (QED) is 0.912. The van der Waals surface area contributed by atoms with E-state index >= 15 is 0 Å². The molecule has 2 amide bonds. The van der Waals surface area contributed by atoms with Gasteiger partial charge in [-0.25, -0.2) is 0 Å². The topological polar surface area (TPSA) is 52.7 Å². The Kier molecular flexibility index (Phi) is 4.15. The summed E-state index contributed by atoms with van der Waals surface area (Å²) in [6, 6.07) is 7.50. The largest absolute Gasteiger partial charge is 0.322 e. The number of para-hydroxylation sites is 2. The van der Waals surface area contributed by atoms with E-state index < -0.39 is 5.54 Å². The molecule has 1 saturated heterocycles. The van der Waals surface area contributed by atoms with Crippen molar-refractivity contribution in [1.82, 2.24) is 4.90 Å². The molecular weight excluding hydrogens is 290 g/mol. The Bertz CT molecular complexity index is 626. The molecular formula is C18H25N3O2. The highest BCUT2D eigenvalue weighted by Gasteiger charge is 2.43. The summed E-state index contributed by atoms with van der Waals surface area (Å²) in [6.45, 7) is 8.11. The van der Waals surface area contributed by atoms with E-state index in [0.29, 0.717) is 18.2 Å². The normalized spacial score (nSPS) is 24.0. The first-order chi connectivity index (χ1) is 10.9. The Labute approximate surface area is 137 Å². The van der Waals surface area contributed by atoms with Crippen LogP contribution in [0.15, 0.2) is 24.3 Å². The van der Waals surface area contributed by atoms with Gasteiger partial charge in [-0.3, -0.25) is 19.4 Å². The molecule has 1 N–H and O–H groups in total. The van der Waals surface area contributed by atoms with Crippen LogP contribution >= 0.6 is 0 Å². The molecule has 1 unspecified atom stereocenters. The highest BCUT2D eigenvalue weighted by atomic mass is 16.2. The highest BCUT2D eigenvalue weighted by Crippen LogP contribution is 2.36. The van der Waals surface area contributed by atoms with E-state index in [1.165, 1.54) is 6.42 Å². The number of piperidine rings is 1. The third-order valence-corrected chi connectivity index (χ3v) is 4.86. The SMILES string of the molecule is CC1CCCN(CC(=O)N2c3ccccc3NC(=O)C2(C)C)C1. The number of amides is 2. The van der Waals surface area contributed by atoms with Gasteiger partial charge in [0.1, 0.15) is 5.54 Å². The maximum Gasteiger partial charge on any atom is 0.250 e. The predicted octanol–water partition coefficient (Wildman–Crippen LogP) is 2.48. The zero-order valence-corrected chi connectivity index (χ0v) is 14.1. The minimum absolute atomic E-state index is 0.00796. The number of fused-ring (bicyclic) bond motifs is 1. The number of carbonyl (C=O) groups excluding carboxylic acids is 2. The molecule has 0 radical (unpaired) electrons. The van der Waals surface area contributed by atoms with Gasteiger partial charge in [-0.05, 0) is 51.3 Å². The smallest absolute Gasteiger partial charge is 0.250 e. The number of carbonyl (C=O) groups is 2. The van der Waals surface area contributed by atoms with E-state index in [1.807, 2.05) is 24.3 Å². The standard InChI is InChI=1S/C18H25N3O2/c1-13-7-6-10-20(11-13)12-16(22)21-15-9-5-4-8-14(15)19-17(23)18(21,2)3/h4-5,8-9,13H,6-7,10-12H2,1-3H3,(H,19,23). The highest BCUT2D eigenvalue weighted by molar-refractivity contribution is 6.14. The predicted molar refractivity (Wildman–Crippen MR) is 91.5 cm³/mol. The lowest BCUT2D eigenvalue weighted by atomic mass is 9.95. The van der Waals surface area contributed by atoms with Gasteiger partial charge in [0.05, 0.1) is 17.9 Å². The monoisotopic (exact) mass is 315 g/mol. The summed E-state index contributed by atoms with van der Waals surface area (Å²) in [5, 5.41) is 2.90. The van der Waals surface area contributed by atoms with Gasteiger partial charge in [-0.2, -0.15) is 0 Å². The average Bonchev–Trinajstić information content (AvgIpc) is 2.48. The fourth-order valence-corrected chi connectivity index (χ4v) is 3.59. The first-order valence-electron chi connectivity index (χ1n) is 8.35. The minimum Gasteiger partial charge on any atom is -0.322 e. The van der Waals surface area contributed by atoms with Gasteiger partial charge in [-0.1, -0.05) is 19.1 Å². The number of rotatable bonds is 2. The van der Waals surface area contributed by atoms with Crippen LogP contribution in [0.2, 0.25) is 0 Å². The maximum atomic E-state index is 13.0. The number of likely N-dealkylation sites (tertiary alicyclic amines) is 1. The fourth-order valence-electron chi connectivity index (χ4n) is 3.59. The Morgan fingerprint density at radius 1 is 1.35 bits per heavy atom. The molecule has 23 heavy (non-hydrogen) atoms. The van der Waals surface area contributed by atoms with Crippen LogP contribution in [0.1, 0.15) is 33.6 Å². The Morgan fingerprint density at radius 2 is 2.09 bits per heavy atom. The van der Waals surface area contributed by atoms with Crippen LogP contribution in [0.5, 0.6) is 0 Å². The molecule has 0 aromatic heterocycles. The van der Waals surface area contributed by atoms with Gasteiger partial charge in [0.2, 0.25) is 11.8 Å². The zero-order chi connectivity index (χ0) is 16.6. The van der Waals surface area contributed by atoms with Crippen LogP contribution in [0.3, 0.4) is 0 Å². The summed E-state index contributed by atoms with van der Waals surface area (Å²) in [6.07, 6.45) is 2.36. The third kappa shape index (κ3) is 2.98. The molecule has 2 aliphatic heterocycles. The molecule has 124 valence electrons. The van der Waals surface area contributed by atoms with Crippen molar-refractivity contribution in [3.05, 3.63) is 24.3 Å². The summed E-state index contributed by atoms with van der Waals surface area (Å²) in [7, 11) is 0. The lowest BCUT2D eigenvalue weighted by molar-refractivity contribution is -0.127. The van der Waals surface area contributed by atoms with Gasteiger partial charge < -0.3 is 5.32 Å². The second-order valence-corrected chi connectivity index (χ2v) is 7.24. The van der Waals surface area contributed by atoms with Crippen molar-refractivity contribution in [3.63, 3.8) is 0 Å². The number of hydrogen-bond donors (Lipinski definition) is 1. The first kappa shape index (κ1) is 16.0. The van der Waals surface area contributed by atoms with E-state index in [2.05, 4.69) is 17.1 Å². The van der Waals surface area contributed by atoms with E-state index in [4.69, 9.17) is 0 Å². The number of nitrogens with one attached hydrogen (secondary N) is 1. The van der Waals surface area contributed by atoms with Crippen molar-refractivity contribution < 1.29 is 9.59 Å². The fraction of sp³-hybridized carbons (Fsp3) is 0.556. The molecule has 3 rings (SSSR count). The maximum absolute atomic E-state index is 13.0. The van der Waals surface area contributed by atoms with E-state index in [1.54, 1.807) is 18.7 Å². The molecule has 1 fully saturated rings. The summed E-state index contributed by atoms with van der Waals surface area (Å²) < 4.78 is 0. The van der Waals surface area contributed by atoms with Crippen LogP contribution in [-0.4, -0.2) is 41.9 Å². The number of nitrogens with zero attached hydrogens (tertiary/aromatic N) is 2. The zero-order valence-electron chi connectivity index (χ0n) is 14.1.